The molecule has 1 amide bonds. The van der Waals surface area contributed by atoms with E-state index in [4.69, 9.17) is 0 Å². The van der Waals surface area contributed by atoms with Gasteiger partial charge in [-0.2, -0.15) is 5.10 Å². The highest BCUT2D eigenvalue weighted by atomic mass is 32.2. The number of amides is 1. The third-order valence-corrected chi connectivity index (χ3v) is 5.17. The number of fused-ring (bicyclic) bond motifs is 1. The van der Waals surface area contributed by atoms with Gasteiger partial charge in [0, 0.05) is 23.7 Å². The smallest absolute Gasteiger partial charge is 0.244 e. The molecule has 0 radical (unpaired) electrons. The average molecular weight is 409 g/mol. The number of para-hydroxylation sites is 2. The van der Waals surface area contributed by atoms with Gasteiger partial charge in [0.2, 0.25) is 5.91 Å². The normalized spacial score (nSPS) is 11.6. The summed E-state index contributed by atoms with van der Waals surface area (Å²) in [6, 6.07) is 16.5. The number of benzene rings is 2. The highest BCUT2D eigenvalue weighted by molar-refractivity contribution is 7.89. The molecule has 29 heavy (non-hydrogen) atoms. The van der Waals surface area contributed by atoms with Gasteiger partial charge in [-0.15, -0.1) is 0 Å². The molecule has 0 unspecified atom stereocenters. The first-order valence-electron chi connectivity index (χ1n) is 8.90. The molecular formula is C20H19N5O3S. The van der Waals surface area contributed by atoms with E-state index in [2.05, 4.69) is 20.5 Å². The summed E-state index contributed by atoms with van der Waals surface area (Å²) in [7, 11) is -3.30. The maximum absolute atomic E-state index is 12.7. The van der Waals surface area contributed by atoms with Crippen molar-refractivity contribution in [3.63, 3.8) is 0 Å². The number of hydrogen-bond acceptors (Lipinski definition) is 5. The minimum atomic E-state index is -3.30. The fourth-order valence-electron chi connectivity index (χ4n) is 3.17. The van der Waals surface area contributed by atoms with E-state index in [1.54, 1.807) is 22.9 Å². The minimum absolute atomic E-state index is 0.0420. The molecule has 0 aliphatic rings. The molecule has 148 valence electrons. The Morgan fingerprint density at radius 2 is 1.97 bits per heavy atom. The number of aromatic amines is 1. The fourth-order valence-corrected chi connectivity index (χ4v) is 3.86. The molecule has 9 heteroatoms. The van der Waals surface area contributed by atoms with E-state index in [1.807, 2.05) is 42.5 Å². The van der Waals surface area contributed by atoms with Crippen LogP contribution in [0.1, 0.15) is 5.82 Å². The van der Waals surface area contributed by atoms with Gasteiger partial charge >= 0.3 is 0 Å². The summed E-state index contributed by atoms with van der Waals surface area (Å²) in [6.07, 6.45) is 2.81. The number of nitrogens with one attached hydrogen (secondary N) is 2. The van der Waals surface area contributed by atoms with Crippen molar-refractivity contribution in [3.8, 4) is 11.3 Å². The number of hydrogen-bond donors (Lipinski definition) is 2. The predicted octanol–water partition coefficient (Wildman–Crippen LogP) is 2.61. The molecular weight excluding hydrogens is 390 g/mol. The lowest BCUT2D eigenvalue weighted by Gasteiger charge is -2.10. The lowest BCUT2D eigenvalue weighted by molar-refractivity contribution is -0.116. The van der Waals surface area contributed by atoms with Crippen molar-refractivity contribution in [1.82, 2.24) is 19.7 Å². The molecule has 0 saturated heterocycles. The second-order valence-electron chi connectivity index (χ2n) is 6.77. The number of nitrogens with zero attached hydrogens (tertiary/aromatic N) is 3. The summed E-state index contributed by atoms with van der Waals surface area (Å²) in [4.78, 5) is 17.1. The number of imidazole rings is 1. The average Bonchev–Trinajstić information content (AvgIpc) is 3.30. The van der Waals surface area contributed by atoms with Gasteiger partial charge in [-0.3, -0.25) is 9.89 Å². The quantitative estimate of drug-likeness (QED) is 0.509. The monoisotopic (exact) mass is 409 g/mol. The zero-order valence-corrected chi connectivity index (χ0v) is 16.5. The third kappa shape index (κ3) is 4.35. The van der Waals surface area contributed by atoms with E-state index in [0.29, 0.717) is 22.5 Å². The molecule has 2 N–H and O–H groups in total. The van der Waals surface area contributed by atoms with Crippen LogP contribution in [0.5, 0.6) is 0 Å². The van der Waals surface area contributed by atoms with Gasteiger partial charge < -0.3 is 9.88 Å². The second kappa shape index (κ2) is 7.51. The first kappa shape index (κ1) is 18.9. The van der Waals surface area contributed by atoms with E-state index in [9.17, 15) is 13.2 Å². The van der Waals surface area contributed by atoms with Crippen molar-refractivity contribution < 1.29 is 13.2 Å². The summed E-state index contributed by atoms with van der Waals surface area (Å²) in [5, 5.41) is 9.69. The maximum atomic E-state index is 12.7. The van der Waals surface area contributed by atoms with Crippen LogP contribution in [0.15, 0.2) is 60.8 Å². The number of aromatic nitrogens is 4. The maximum Gasteiger partial charge on any atom is 0.244 e. The molecule has 0 saturated carbocycles. The molecule has 4 aromatic rings. The number of carbonyl (C=O) groups is 1. The Morgan fingerprint density at radius 1 is 1.14 bits per heavy atom. The first-order chi connectivity index (χ1) is 13.9. The zero-order valence-electron chi connectivity index (χ0n) is 15.7. The number of H-pyrrole nitrogens is 1. The molecule has 0 fully saturated rings. The summed E-state index contributed by atoms with van der Waals surface area (Å²) in [5.41, 5.74) is 3.74. The van der Waals surface area contributed by atoms with Crippen LogP contribution in [0.4, 0.5) is 5.69 Å². The SMILES string of the molecule is CS(=O)(=O)Cc1nc2ccccc2n1CC(=O)Nc1cccc(-c2ccn[nH]2)c1. The van der Waals surface area contributed by atoms with Crippen LogP contribution in [0.25, 0.3) is 22.3 Å². The lowest BCUT2D eigenvalue weighted by atomic mass is 10.1. The van der Waals surface area contributed by atoms with E-state index >= 15 is 0 Å². The number of anilines is 1. The van der Waals surface area contributed by atoms with Crippen LogP contribution in [0.2, 0.25) is 0 Å². The largest absolute Gasteiger partial charge is 0.325 e. The van der Waals surface area contributed by atoms with Crippen LogP contribution in [-0.2, 0) is 26.9 Å². The minimum Gasteiger partial charge on any atom is -0.325 e. The van der Waals surface area contributed by atoms with Crippen molar-refractivity contribution in [2.75, 3.05) is 11.6 Å². The van der Waals surface area contributed by atoms with Crippen molar-refractivity contribution in [2.45, 2.75) is 12.3 Å². The number of carbonyl (C=O) groups excluding carboxylic acids is 1. The number of rotatable bonds is 6. The third-order valence-electron chi connectivity index (χ3n) is 4.38. The van der Waals surface area contributed by atoms with Crippen LogP contribution in [0, 0.1) is 0 Å². The van der Waals surface area contributed by atoms with E-state index in [0.717, 1.165) is 17.5 Å². The highest BCUT2D eigenvalue weighted by Crippen LogP contribution is 2.21. The Morgan fingerprint density at radius 3 is 2.72 bits per heavy atom. The van der Waals surface area contributed by atoms with Gasteiger partial charge in [-0.05, 0) is 30.3 Å². The van der Waals surface area contributed by atoms with Gasteiger partial charge in [-0.1, -0.05) is 24.3 Å². The molecule has 2 aromatic heterocycles. The summed E-state index contributed by atoms with van der Waals surface area (Å²) in [6.45, 7) is -0.0420. The number of sulfone groups is 1. The van der Waals surface area contributed by atoms with E-state index < -0.39 is 9.84 Å². The first-order valence-corrected chi connectivity index (χ1v) is 11.0. The summed E-state index contributed by atoms with van der Waals surface area (Å²) < 4.78 is 25.2. The van der Waals surface area contributed by atoms with Crippen molar-refractivity contribution in [3.05, 3.63) is 66.6 Å². The van der Waals surface area contributed by atoms with Gasteiger partial charge in [0.15, 0.2) is 9.84 Å². The molecule has 0 aliphatic carbocycles. The fraction of sp³-hybridized carbons (Fsp3) is 0.150. The Labute approximate surface area is 167 Å². The molecule has 0 atom stereocenters. The molecule has 8 nitrogen and oxygen atoms in total. The topological polar surface area (TPSA) is 110 Å². The lowest BCUT2D eigenvalue weighted by Crippen LogP contribution is -2.21. The molecule has 0 spiro atoms. The Balaban J connectivity index is 1.59. The Hall–Kier alpha value is -3.46. The predicted molar refractivity (Wildman–Crippen MR) is 111 cm³/mol. The summed E-state index contributed by atoms with van der Waals surface area (Å²) >= 11 is 0. The van der Waals surface area contributed by atoms with Gasteiger partial charge in [-0.25, -0.2) is 13.4 Å². The molecule has 2 heterocycles. The molecule has 2 aromatic carbocycles. The van der Waals surface area contributed by atoms with Gasteiger partial charge in [0.05, 0.1) is 16.7 Å². The zero-order chi connectivity index (χ0) is 20.4. The van der Waals surface area contributed by atoms with Gasteiger partial charge in [0.25, 0.3) is 0 Å². The van der Waals surface area contributed by atoms with Crippen molar-refractivity contribution in [2.24, 2.45) is 0 Å². The van der Waals surface area contributed by atoms with E-state index in [1.165, 1.54) is 0 Å². The van der Waals surface area contributed by atoms with Crippen LogP contribution in [-0.4, -0.2) is 40.3 Å². The van der Waals surface area contributed by atoms with Crippen LogP contribution >= 0.6 is 0 Å². The second-order valence-corrected chi connectivity index (χ2v) is 8.91. The van der Waals surface area contributed by atoms with Crippen molar-refractivity contribution >= 4 is 32.5 Å². The summed E-state index contributed by atoms with van der Waals surface area (Å²) in [5.74, 6) is -0.163. The molecule has 0 bridgehead atoms. The molecule has 4 rings (SSSR count). The van der Waals surface area contributed by atoms with Crippen LogP contribution in [0.3, 0.4) is 0 Å². The van der Waals surface area contributed by atoms with E-state index in [-0.39, 0.29) is 18.2 Å². The molecule has 0 aliphatic heterocycles. The van der Waals surface area contributed by atoms with Crippen LogP contribution < -0.4 is 5.32 Å². The Kier molecular flexibility index (Phi) is 4.89. The van der Waals surface area contributed by atoms with Crippen molar-refractivity contribution in [1.29, 1.82) is 0 Å². The highest BCUT2D eigenvalue weighted by Gasteiger charge is 2.17. The Bertz CT molecular complexity index is 1280. The standard InChI is InChI=1S/C20H19N5O3S/c1-29(27,28)13-19-23-17-7-2-3-8-18(17)25(19)12-20(26)22-15-6-4-5-14(11-15)16-9-10-21-24-16/h2-11H,12-13H2,1H3,(H,21,24)(H,22,26). The van der Waals surface area contributed by atoms with Gasteiger partial charge in [0.1, 0.15) is 18.1 Å².